The van der Waals surface area contributed by atoms with E-state index in [-0.39, 0.29) is 11.3 Å². The number of fused-ring (bicyclic) bond motifs is 3. The molecule has 1 amide bonds. The van der Waals surface area contributed by atoms with Crippen molar-refractivity contribution in [2.45, 2.75) is 69.1 Å². The van der Waals surface area contributed by atoms with Gasteiger partial charge in [0.05, 0.1) is 29.5 Å². The van der Waals surface area contributed by atoms with Gasteiger partial charge in [-0.2, -0.15) is 0 Å². The third-order valence-electron chi connectivity index (χ3n) is 9.34. The summed E-state index contributed by atoms with van der Waals surface area (Å²) in [4.78, 5) is 68.2. The zero-order valence-electron chi connectivity index (χ0n) is 23.3. The Balaban J connectivity index is 1.89. The molecule has 5 N–H and O–H groups in total. The lowest BCUT2D eigenvalue weighted by Gasteiger charge is -2.56. The summed E-state index contributed by atoms with van der Waals surface area (Å²) in [5.41, 5.74) is 2.53. The molecule has 0 aromatic heterocycles. The summed E-state index contributed by atoms with van der Waals surface area (Å²) in [5, 5.41) is 34.8. The van der Waals surface area contributed by atoms with Gasteiger partial charge >= 0.3 is 0 Å². The van der Waals surface area contributed by atoms with Crippen molar-refractivity contribution in [1.82, 2.24) is 4.90 Å². The number of hydrogen-bond acceptors (Lipinski definition) is 9. The summed E-state index contributed by atoms with van der Waals surface area (Å²) in [5.74, 6) is -10.7. The molecule has 2 saturated carbocycles. The summed E-state index contributed by atoms with van der Waals surface area (Å²) in [6.07, 6.45) is 5.55. The van der Waals surface area contributed by atoms with Crippen molar-refractivity contribution in [2.24, 2.45) is 29.4 Å². The van der Waals surface area contributed by atoms with Crippen molar-refractivity contribution in [3.63, 3.8) is 0 Å². The monoisotopic (exact) mass is 552 g/mol. The molecule has 10 heteroatoms. The van der Waals surface area contributed by atoms with Crippen LogP contribution in [0.3, 0.4) is 0 Å². The number of aromatic hydroxyl groups is 1. The van der Waals surface area contributed by atoms with Gasteiger partial charge in [-0.25, -0.2) is 0 Å². The molecular formula is C30H36N2O8. The Hall–Kier alpha value is -3.39. The van der Waals surface area contributed by atoms with Crippen LogP contribution in [0.5, 0.6) is 5.75 Å². The SMILES string of the molecule is C#CCCCC(C)(C)c1ccc2c(c1O)C(=O)C1C(=O)[C@@]3(O)C(=O)C(C(N)=O)C(=O)[C@H](N(C)C)[C@H]3[C@H](O)[C@H]1[C@@H]2C. The maximum atomic E-state index is 14.1. The molecule has 0 radical (unpaired) electrons. The number of Topliss-reactive ketones (excluding diaryl/α,β-unsaturated/α-hetero) is 4. The second kappa shape index (κ2) is 9.91. The van der Waals surface area contributed by atoms with Gasteiger partial charge in [0.25, 0.3) is 0 Å². The molecule has 2 fully saturated rings. The van der Waals surface area contributed by atoms with E-state index in [0.717, 1.165) is 0 Å². The molecule has 0 saturated heterocycles. The normalized spacial score (nSPS) is 33.7. The number of amides is 1. The van der Waals surface area contributed by atoms with Gasteiger partial charge < -0.3 is 21.1 Å². The summed E-state index contributed by atoms with van der Waals surface area (Å²) in [6.45, 7) is 5.48. The highest BCUT2D eigenvalue weighted by atomic mass is 16.3. The second-order valence-corrected chi connectivity index (χ2v) is 12.2. The molecule has 0 aliphatic heterocycles. The average molecular weight is 553 g/mol. The van der Waals surface area contributed by atoms with E-state index < -0.39 is 81.8 Å². The smallest absolute Gasteiger partial charge is 0.235 e. The van der Waals surface area contributed by atoms with E-state index in [2.05, 4.69) is 5.92 Å². The largest absolute Gasteiger partial charge is 0.507 e. The number of nitrogens with zero attached hydrogens (tertiary/aromatic N) is 1. The van der Waals surface area contributed by atoms with Gasteiger partial charge in [0.15, 0.2) is 34.7 Å². The van der Waals surface area contributed by atoms with Crippen LogP contribution in [0.15, 0.2) is 12.1 Å². The fraction of sp³-hybridized carbons (Fsp3) is 0.567. The van der Waals surface area contributed by atoms with E-state index in [1.807, 2.05) is 13.8 Å². The number of carbonyl (C=O) groups excluding carboxylic acids is 5. The number of primary amides is 1. The number of aliphatic hydroxyl groups excluding tert-OH is 1. The highest BCUT2D eigenvalue weighted by Crippen LogP contribution is 2.55. The molecule has 10 nitrogen and oxygen atoms in total. The van der Waals surface area contributed by atoms with E-state index in [4.69, 9.17) is 12.2 Å². The highest BCUT2D eigenvalue weighted by Gasteiger charge is 2.72. The van der Waals surface area contributed by atoms with E-state index >= 15 is 0 Å². The number of ketones is 4. The molecule has 0 spiro atoms. The van der Waals surface area contributed by atoms with Crippen LogP contribution < -0.4 is 5.73 Å². The standard InChI is InChI=1S/C30H36N2O8/c1-7-8-9-12-29(3,4)15-11-10-14-13(2)16-18(23(34)17(14)22(15)33)26(37)30(40)20(24(16)35)21(32(5)6)25(36)19(27(30)38)28(31)39/h1,10-11,13,16,18-21,24,33,35,40H,8-9,12H2,2-6H3,(H2,31,39)/t13-,16+,18?,19?,20+,21-,24-,30-/m1/s1. The van der Waals surface area contributed by atoms with Gasteiger partial charge in [0, 0.05) is 17.9 Å². The first-order valence-electron chi connectivity index (χ1n) is 13.4. The van der Waals surface area contributed by atoms with Crippen LogP contribution in [-0.2, 0) is 24.6 Å². The summed E-state index contributed by atoms with van der Waals surface area (Å²) >= 11 is 0. The number of benzene rings is 1. The minimum absolute atomic E-state index is 0.103. The molecule has 0 bridgehead atoms. The topological polar surface area (TPSA) is 175 Å². The van der Waals surface area contributed by atoms with Gasteiger partial charge in [-0.3, -0.25) is 28.9 Å². The number of hydrogen-bond donors (Lipinski definition) is 4. The third-order valence-corrected chi connectivity index (χ3v) is 9.34. The van der Waals surface area contributed by atoms with Gasteiger partial charge in [-0.15, -0.1) is 12.3 Å². The number of nitrogens with two attached hydrogens (primary N) is 1. The third kappa shape index (κ3) is 3.94. The predicted octanol–water partition coefficient (Wildman–Crippen LogP) is 0.480. The Labute approximate surface area is 232 Å². The number of unbranched alkanes of at least 4 members (excludes halogenated alkanes) is 1. The average Bonchev–Trinajstić information content (AvgIpc) is 2.85. The fourth-order valence-corrected chi connectivity index (χ4v) is 7.30. The van der Waals surface area contributed by atoms with Crippen molar-refractivity contribution >= 4 is 29.0 Å². The molecule has 40 heavy (non-hydrogen) atoms. The van der Waals surface area contributed by atoms with E-state index in [1.54, 1.807) is 19.1 Å². The van der Waals surface area contributed by atoms with Crippen LogP contribution in [0, 0.1) is 36.0 Å². The molecule has 1 aromatic carbocycles. The molecular weight excluding hydrogens is 516 g/mol. The summed E-state index contributed by atoms with van der Waals surface area (Å²) in [6, 6.07) is 2.01. The lowest BCUT2D eigenvalue weighted by atomic mass is 9.49. The summed E-state index contributed by atoms with van der Waals surface area (Å²) < 4.78 is 0. The van der Waals surface area contributed by atoms with E-state index in [1.165, 1.54) is 19.0 Å². The Morgan fingerprint density at radius 2 is 1.80 bits per heavy atom. The molecule has 1 aromatic rings. The van der Waals surface area contributed by atoms with Crippen molar-refractivity contribution in [3.8, 4) is 18.1 Å². The van der Waals surface area contributed by atoms with Crippen LogP contribution in [0.25, 0.3) is 0 Å². The number of carbonyl (C=O) groups is 5. The zero-order valence-corrected chi connectivity index (χ0v) is 23.3. The van der Waals surface area contributed by atoms with Crippen molar-refractivity contribution in [3.05, 3.63) is 28.8 Å². The first-order valence-corrected chi connectivity index (χ1v) is 13.4. The first kappa shape index (κ1) is 29.6. The van der Waals surface area contributed by atoms with Crippen molar-refractivity contribution in [1.29, 1.82) is 0 Å². The van der Waals surface area contributed by atoms with Crippen LogP contribution in [0.4, 0.5) is 0 Å². The summed E-state index contributed by atoms with van der Waals surface area (Å²) in [7, 11) is 2.91. The van der Waals surface area contributed by atoms with Gasteiger partial charge in [-0.05, 0) is 43.8 Å². The molecule has 214 valence electrons. The molecule has 4 rings (SSSR count). The van der Waals surface area contributed by atoms with Crippen LogP contribution >= 0.6 is 0 Å². The Morgan fingerprint density at radius 1 is 1.18 bits per heavy atom. The fourth-order valence-electron chi connectivity index (χ4n) is 7.30. The van der Waals surface area contributed by atoms with E-state index in [9.17, 15) is 39.3 Å². The Morgan fingerprint density at radius 3 is 2.35 bits per heavy atom. The van der Waals surface area contributed by atoms with Gasteiger partial charge in [0.2, 0.25) is 5.91 Å². The molecule has 3 aliphatic rings. The minimum atomic E-state index is -3.02. The number of phenolic OH excluding ortho intramolecular Hbond substituents is 1. The maximum absolute atomic E-state index is 14.1. The lowest BCUT2D eigenvalue weighted by Crippen LogP contribution is -2.77. The number of rotatable bonds is 6. The molecule has 3 aliphatic carbocycles. The molecule has 0 heterocycles. The number of aliphatic hydroxyl groups is 2. The zero-order chi connectivity index (χ0) is 30.1. The quantitative estimate of drug-likeness (QED) is 0.222. The van der Waals surface area contributed by atoms with Crippen molar-refractivity contribution in [2.75, 3.05) is 14.1 Å². The van der Waals surface area contributed by atoms with Gasteiger partial charge in [-0.1, -0.05) is 32.9 Å². The Kier molecular flexibility index (Phi) is 7.33. The lowest BCUT2D eigenvalue weighted by molar-refractivity contribution is -0.196. The highest BCUT2D eigenvalue weighted by molar-refractivity contribution is 6.32. The van der Waals surface area contributed by atoms with Crippen molar-refractivity contribution < 1.29 is 39.3 Å². The van der Waals surface area contributed by atoms with Crippen LogP contribution in [0.1, 0.15) is 67.4 Å². The van der Waals surface area contributed by atoms with Crippen LogP contribution in [0.2, 0.25) is 0 Å². The molecule has 8 atom stereocenters. The first-order chi connectivity index (χ1) is 18.5. The number of phenols is 1. The minimum Gasteiger partial charge on any atom is -0.507 e. The Bertz CT molecular complexity index is 1360. The second-order valence-electron chi connectivity index (χ2n) is 12.2. The van der Waals surface area contributed by atoms with Crippen LogP contribution in [-0.4, -0.2) is 81.1 Å². The predicted molar refractivity (Wildman–Crippen MR) is 143 cm³/mol. The van der Waals surface area contributed by atoms with E-state index in [0.29, 0.717) is 30.4 Å². The van der Waals surface area contributed by atoms with Gasteiger partial charge in [0.1, 0.15) is 5.75 Å². The number of likely N-dealkylation sites (N-methyl/N-ethyl adjacent to an activating group) is 1. The molecule has 2 unspecified atom stereocenters. The maximum Gasteiger partial charge on any atom is 0.235 e. The number of terminal acetylenes is 1.